The molecule has 184 valence electrons. The number of halogens is 3. The van der Waals surface area contributed by atoms with Gasteiger partial charge in [-0.25, -0.2) is 26.3 Å². The monoisotopic (exact) mass is 508 g/mol. The van der Waals surface area contributed by atoms with E-state index < -0.39 is 32.6 Å². The van der Waals surface area contributed by atoms with Gasteiger partial charge in [0, 0.05) is 30.9 Å². The van der Waals surface area contributed by atoms with E-state index in [0.717, 1.165) is 40.1 Å². The Kier molecular flexibility index (Phi) is 6.55. The van der Waals surface area contributed by atoms with Gasteiger partial charge < -0.3 is 4.90 Å². The molecule has 1 heterocycles. The van der Waals surface area contributed by atoms with Crippen LogP contribution in [0.3, 0.4) is 0 Å². The Hall–Kier alpha value is -3.62. The van der Waals surface area contributed by atoms with Crippen LogP contribution in [-0.4, -0.2) is 21.0 Å². The molecule has 0 spiro atoms. The van der Waals surface area contributed by atoms with E-state index in [1.165, 1.54) is 12.1 Å². The minimum Gasteiger partial charge on any atom is -0.365 e. The van der Waals surface area contributed by atoms with Crippen LogP contribution >= 0.6 is 0 Å². The van der Waals surface area contributed by atoms with Gasteiger partial charge in [-0.1, -0.05) is 48.5 Å². The molecule has 5 rings (SSSR count). The molecule has 4 aromatic carbocycles. The molecule has 1 unspecified atom stereocenters. The molecule has 1 atom stereocenters. The third-order valence-corrected chi connectivity index (χ3v) is 7.69. The van der Waals surface area contributed by atoms with E-state index in [1.54, 1.807) is 12.1 Å². The van der Waals surface area contributed by atoms with Crippen molar-refractivity contribution in [2.24, 2.45) is 0 Å². The molecule has 4 nitrogen and oxygen atoms in total. The van der Waals surface area contributed by atoms with E-state index in [2.05, 4.69) is 9.62 Å². The standard InChI is InChI=1S/C28H23F3N2O2S/c29-23-9-6-20(7-10-23)21-8-11-28-22(12-21)13-26(18-33(28)17-19-4-2-1-3-5-19)32-36(34,35)27-15-24(30)14-25(31)16-27/h1-12,14-16,26,32H,13,17-18H2. The number of anilines is 1. The summed E-state index contributed by atoms with van der Waals surface area (Å²) in [5, 5.41) is 0. The Labute approximate surface area is 208 Å². The van der Waals surface area contributed by atoms with Crippen LogP contribution in [0.15, 0.2) is 95.9 Å². The summed E-state index contributed by atoms with van der Waals surface area (Å²) in [4.78, 5) is 1.63. The molecule has 1 aliphatic heterocycles. The number of nitrogens with zero attached hydrogens (tertiary/aromatic N) is 1. The van der Waals surface area contributed by atoms with Gasteiger partial charge in [-0.2, -0.15) is 0 Å². The maximum atomic E-state index is 13.7. The van der Waals surface area contributed by atoms with Crippen molar-refractivity contribution < 1.29 is 21.6 Å². The fourth-order valence-electron chi connectivity index (χ4n) is 4.58. The van der Waals surface area contributed by atoms with Crippen molar-refractivity contribution in [3.05, 3.63) is 120 Å². The van der Waals surface area contributed by atoms with Crippen molar-refractivity contribution in [2.45, 2.75) is 23.9 Å². The van der Waals surface area contributed by atoms with Crippen LogP contribution in [0.4, 0.5) is 18.9 Å². The second-order valence-corrected chi connectivity index (χ2v) is 10.6. The van der Waals surface area contributed by atoms with Crippen LogP contribution in [0.1, 0.15) is 11.1 Å². The zero-order valence-corrected chi connectivity index (χ0v) is 20.0. The highest BCUT2D eigenvalue weighted by atomic mass is 32.2. The van der Waals surface area contributed by atoms with Crippen molar-refractivity contribution in [1.29, 1.82) is 0 Å². The van der Waals surface area contributed by atoms with Gasteiger partial charge in [0.1, 0.15) is 17.5 Å². The number of hydrogen-bond donors (Lipinski definition) is 1. The summed E-state index contributed by atoms with van der Waals surface area (Å²) in [6, 6.07) is 23.6. The summed E-state index contributed by atoms with van der Waals surface area (Å²) in [5.74, 6) is -2.24. The minimum atomic E-state index is -4.17. The van der Waals surface area contributed by atoms with Crippen molar-refractivity contribution in [2.75, 3.05) is 11.4 Å². The van der Waals surface area contributed by atoms with E-state index in [4.69, 9.17) is 0 Å². The summed E-state index contributed by atoms with van der Waals surface area (Å²) in [6.45, 7) is 0.922. The predicted octanol–water partition coefficient (Wildman–Crippen LogP) is 5.68. The molecule has 0 aromatic heterocycles. The van der Waals surface area contributed by atoms with Crippen LogP contribution in [0.2, 0.25) is 0 Å². The zero-order chi connectivity index (χ0) is 25.3. The Bertz CT molecular complexity index is 1470. The highest BCUT2D eigenvalue weighted by Gasteiger charge is 2.29. The van der Waals surface area contributed by atoms with Gasteiger partial charge in [-0.05, 0) is 65.1 Å². The Morgan fingerprint density at radius 3 is 2.14 bits per heavy atom. The van der Waals surface area contributed by atoms with Crippen molar-refractivity contribution in [3.63, 3.8) is 0 Å². The summed E-state index contributed by atoms with van der Waals surface area (Å²) in [7, 11) is -4.17. The van der Waals surface area contributed by atoms with E-state index in [9.17, 15) is 21.6 Å². The smallest absolute Gasteiger partial charge is 0.241 e. The topological polar surface area (TPSA) is 49.4 Å². The predicted molar refractivity (Wildman–Crippen MR) is 133 cm³/mol. The van der Waals surface area contributed by atoms with Crippen LogP contribution < -0.4 is 9.62 Å². The van der Waals surface area contributed by atoms with E-state index in [0.29, 0.717) is 25.6 Å². The first-order chi connectivity index (χ1) is 17.3. The number of nitrogens with one attached hydrogen (secondary N) is 1. The van der Waals surface area contributed by atoms with Crippen molar-refractivity contribution in [3.8, 4) is 11.1 Å². The quantitative estimate of drug-likeness (QED) is 0.365. The molecule has 0 radical (unpaired) electrons. The Morgan fingerprint density at radius 1 is 0.778 bits per heavy atom. The maximum absolute atomic E-state index is 13.7. The summed E-state index contributed by atoms with van der Waals surface area (Å²) in [6.07, 6.45) is 0.382. The van der Waals surface area contributed by atoms with Gasteiger partial charge in [0.25, 0.3) is 0 Å². The largest absolute Gasteiger partial charge is 0.365 e. The molecule has 4 aromatic rings. The highest BCUT2D eigenvalue weighted by molar-refractivity contribution is 7.89. The van der Waals surface area contributed by atoms with E-state index >= 15 is 0 Å². The fraction of sp³-hybridized carbons (Fsp3) is 0.143. The number of fused-ring (bicyclic) bond motifs is 1. The molecular formula is C28H23F3N2O2S. The SMILES string of the molecule is O=S(=O)(NC1Cc2cc(-c3ccc(F)cc3)ccc2N(Cc2ccccc2)C1)c1cc(F)cc(F)c1. The van der Waals surface area contributed by atoms with Crippen LogP contribution in [0.5, 0.6) is 0 Å². The average Bonchev–Trinajstić information content (AvgIpc) is 2.84. The zero-order valence-electron chi connectivity index (χ0n) is 19.2. The fourth-order valence-corrected chi connectivity index (χ4v) is 5.85. The first-order valence-corrected chi connectivity index (χ1v) is 12.9. The van der Waals surface area contributed by atoms with Gasteiger partial charge in [0.05, 0.1) is 4.90 Å². The lowest BCUT2D eigenvalue weighted by Crippen LogP contribution is -2.48. The number of rotatable bonds is 6. The Morgan fingerprint density at radius 2 is 1.44 bits per heavy atom. The van der Waals surface area contributed by atoms with E-state index in [-0.39, 0.29) is 5.82 Å². The molecule has 0 amide bonds. The molecule has 0 saturated heterocycles. The van der Waals surface area contributed by atoms with Crippen LogP contribution in [0.25, 0.3) is 11.1 Å². The van der Waals surface area contributed by atoms with Crippen LogP contribution in [0, 0.1) is 17.5 Å². The molecule has 0 aliphatic carbocycles. The number of hydrogen-bond acceptors (Lipinski definition) is 3. The second-order valence-electron chi connectivity index (χ2n) is 8.84. The first-order valence-electron chi connectivity index (χ1n) is 11.4. The first kappa shape index (κ1) is 24.1. The average molecular weight is 509 g/mol. The summed E-state index contributed by atoms with van der Waals surface area (Å²) in [5.41, 5.74) is 4.66. The second kappa shape index (κ2) is 9.79. The molecule has 36 heavy (non-hydrogen) atoms. The lowest BCUT2D eigenvalue weighted by Gasteiger charge is -2.37. The number of sulfonamides is 1. The van der Waals surface area contributed by atoms with Gasteiger partial charge in [0.2, 0.25) is 10.0 Å². The van der Waals surface area contributed by atoms with Crippen molar-refractivity contribution in [1.82, 2.24) is 4.72 Å². The summed E-state index contributed by atoms with van der Waals surface area (Å²) < 4.78 is 69.5. The normalized spacial score (nSPS) is 15.5. The number of benzene rings is 4. The third kappa shape index (κ3) is 5.29. The molecular weight excluding hydrogens is 485 g/mol. The van der Waals surface area contributed by atoms with E-state index in [1.807, 2.05) is 48.5 Å². The lowest BCUT2D eigenvalue weighted by atomic mass is 9.94. The summed E-state index contributed by atoms with van der Waals surface area (Å²) >= 11 is 0. The van der Waals surface area contributed by atoms with Gasteiger partial charge >= 0.3 is 0 Å². The molecule has 8 heteroatoms. The lowest BCUT2D eigenvalue weighted by molar-refractivity contribution is 0.521. The minimum absolute atomic E-state index is 0.325. The van der Waals surface area contributed by atoms with Crippen molar-refractivity contribution >= 4 is 15.7 Å². The van der Waals surface area contributed by atoms with Gasteiger partial charge in [-0.3, -0.25) is 0 Å². The maximum Gasteiger partial charge on any atom is 0.241 e. The Balaban J connectivity index is 1.49. The van der Waals surface area contributed by atoms with Gasteiger partial charge in [-0.15, -0.1) is 0 Å². The van der Waals surface area contributed by atoms with Gasteiger partial charge in [0.15, 0.2) is 0 Å². The molecule has 1 N–H and O–H groups in total. The third-order valence-electron chi connectivity index (χ3n) is 6.19. The highest BCUT2D eigenvalue weighted by Crippen LogP contribution is 2.33. The molecule has 0 saturated carbocycles. The molecule has 1 aliphatic rings. The van der Waals surface area contributed by atoms with Crippen LogP contribution in [-0.2, 0) is 23.0 Å². The molecule has 0 fully saturated rings. The molecule has 0 bridgehead atoms.